The first kappa shape index (κ1) is 35.2. The number of halogens is 8. The third-order valence-electron chi connectivity index (χ3n) is 9.93. The van der Waals surface area contributed by atoms with Crippen molar-refractivity contribution in [3.8, 4) is 0 Å². The highest BCUT2D eigenvalue weighted by Gasteiger charge is 2.74. The number of aldehydes is 1. The molecule has 0 bridgehead atoms. The highest BCUT2D eigenvalue weighted by molar-refractivity contribution is 7.92. The van der Waals surface area contributed by atoms with Crippen molar-refractivity contribution >= 4 is 22.0 Å². The van der Waals surface area contributed by atoms with E-state index in [9.17, 15) is 48.7 Å². The van der Waals surface area contributed by atoms with E-state index in [0.29, 0.717) is 44.7 Å². The molecule has 0 radical (unpaired) electrons. The van der Waals surface area contributed by atoms with Gasteiger partial charge >= 0.3 is 18.0 Å². The van der Waals surface area contributed by atoms with E-state index in [1.54, 1.807) is 13.8 Å². The van der Waals surface area contributed by atoms with Gasteiger partial charge in [0.25, 0.3) is 0 Å². The second-order valence-corrected chi connectivity index (χ2v) is 14.8. The van der Waals surface area contributed by atoms with Gasteiger partial charge in [-0.3, -0.25) is 9.69 Å². The summed E-state index contributed by atoms with van der Waals surface area (Å²) in [5.41, 5.74) is -9.28. The van der Waals surface area contributed by atoms with Crippen molar-refractivity contribution in [2.24, 2.45) is 11.8 Å². The molecule has 7 nitrogen and oxygen atoms in total. The van der Waals surface area contributed by atoms with Gasteiger partial charge in [0.05, 0.1) is 23.6 Å². The van der Waals surface area contributed by atoms with Crippen LogP contribution in [0.2, 0.25) is 0 Å². The molecule has 2 fully saturated rings. The van der Waals surface area contributed by atoms with Gasteiger partial charge in [-0.1, -0.05) is 18.2 Å². The minimum atomic E-state index is -6.41. The maximum absolute atomic E-state index is 15.1. The van der Waals surface area contributed by atoms with Crippen LogP contribution in [0.25, 0.3) is 0 Å². The monoisotopic (exact) mass is 696 g/mol. The Bertz CT molecular complexity index is 1620. The number of hydrogen-bond donors (Lipinski definition) is 1. The lowest BCUT2D eigenvalue weighted by molar-refractivity contribution is -0.348. The highest BCUT2D eigenvalue weighted by Crippen LogP contribution is 2.61. The lowest BCUT2D eigenvalue weighted by Gasteiger charge is -2.45. The fourth-order valence-electron chi connectivity index (χ4n) is 7.48. The zero-order chi connectivity index (χ0) is 34.8. The van der Waals surface area contributed by atoms with Crippen LogP contribution >= 0.6 is 0 Å². The van der Waals surface area contributed by atoms with Crippen LogP contribution in [0.3, 0.4) is 0 Å². The van der Waals surface area contributed by atoms with Gasteiger partial charge < -0.3 is 14.8 Å². The van der Waals surface area contributed by atoms with Crippen molar-refractivity contribution in [2.75, 3.05) is 26.3 Å². The number of alkyl halides is 7. The van der Waals surface area contributed by atoms with Gasteiger partial charge in [-0.05, 0) is 68.5 Å². The predicted octanol–water partition coefficient (Wildman–Crippen LogP) is 5.16. The van der Waals surface area contributed by atoms with Gasteiger partial charge in [0.1, 0.15) is 16.9 Å². The van der Waals surface area contributed by atoms with Crippen molar-refractivity contribution in [3.63, 3.8) is 0 Å². The Hall–Kier alpha value is -3.11. The fourth-order valence-corrected chi connectivity index (χ4v) is 10.1. The van der Waals surface area contributed by atoms with Gasteiger partial charge in [-0.2, -0.15) is 26.3 Å². The number of ether oxygens (including phenoxy) is 1. The molecule has 258 valence electrons. The van der Waals surface area contributed by atoms with Crippen LogP contribution in [0.15, 0.2) is 47.4 Å². The molecule has 2 aliphatic carbocycles. The third kappa shape index (κ3) is 5.34. The Morgan fingerprint density at radius 3 is 2.13 bits per heavy atom. The van der Waals surface area contributed by atoms with Crippen LogP contribution in [-0.4, -0.2) is 75.7 Å². The Kier molecular flexibility index (Phi) is 8.83. The average Bonchev–Trinajstić information content (AvgIpc) is 3.34. The fraction of sp³-hybridized carbons (Fsp3) is 0.548. The number of rotatable bonds is 7. The maximum atomic E-state index is 15.1. The van der Waals surface area contributed by atoms with Crippen molar-refractivity contribution in [1.82, 2.24) is 10.2 Å². The molecule has 2 aromatic rings. The minimum absolute atomic E-state index is 0.207. The van der Waals surface area contributed by atoms with Gasteiger partial charge in [0.2, 0.25) is 5.91 Å². The predicted molar refractivity (Wildman–Crippen MR) is 151 cm³/mol. The Morgan fingerprint density at radius 2 is 1.57 bits per heavy atom. The Labute approximate surface area is 265 Å². The maximum Gasteiger partial charge on any atom is 0.435 e. The Balaban J connectivity index is 1.68. The molecule has 47 heavy (non-hydrogen) atoms. The minimum Gasteiger partial charge on any atom is -0.379 e. The molecule has 1 aliphatic heterocycles. The first-order valence-electron chi connectivity index (χ1n) is 14.8. The summed E-state index contributed by atoms with van der Waals surface area (Å²) < 4.78 is 143. The molecule has 1 N–H and O–H groups in total. The number of benzene rings is 2. The van der Waals surface area contributed by atoms with Crippen LogP contribution in [0.1, 0.15) is 43.4 Å². The summed E-state index contributed by atoms with van der Waals surface area (Å²) in [6, 6.07) is 3.88. The summed E-state index contributed by atoms with van der Waals surface area (Å²) in [6.07, 6.45) is -13.2. The van der Waals surface area contributed by atoms with Crippen LogP contribution in [0, 0.1) is 17.7 Å². The molecular weight excluding hydrogens is 664 g/mol. The molecule has 1 unspecified atom stereocenters. The normalized spacial score (nSPS) is 26.0. The second kappa shape index (κ2) is 11.8. The summed E-state index contributed by atoms with van der Waals surface area (Å²) in [5.74, 6) is -3.85. The van der Waals surface area contributed by atoms with E-state index >= 15 is 4.39 Å². The number of amides is 1. The molecule has 1 heterocycles. The lowest BCUT2D eigenvalue weighted by Crippen LogP contribution is -2.60. The van der Waals surface area contributed by atoms with Crippen LogP contribution in [0.5, 0.6) is 0 Å². The average molecular weight is 697 g/mol. The van der Waals surface area contributed by atoms with E-state index in [2.05, 4.69) is 5.32 Å². The second-order valence-electron chi connectivity index (χ2n) is 12.6. The number of hydrogen-bond acceptors (Lipinski definition) is 6. The van der Waals surface area contributed by atoms with E-state index < -0.39 is 78.2 Å². The van der Waals surface area contributed by atoms with Crippen LogP contribution < -0.4 is 5.32 Å². The van der Waals surface area contributed by atoms with Crippen molar-refractivity contribution in [3.05, 3.63) is 65.0 Å². The molecular formula is C31H32F8N2O5S. The van der Waals surface area contributed by atoms with Crippen molar-refractivity contribution in [1.29, 1.82) is 0 Å². The SMILES string of the molecule is CC(C)(C(=O)N[C@@H]1CC(C=O)[C@]2(S(=O)(=O)c3ccc(F)cc3)c3ccc(C(F)(C(F)(F)F)C(F)(F)F)cc3CC[C@@H]12)N1CCOCC1. The molecule has 3 aliphatic rings. The van der Waals surface area contributed by atoms with Crippen LogP contribution in [0.4, 0.5) is 35.1 Å². The van der Waals surface area contributed by atoms with Crippen molar-refractivity contribution < 1.29 is 57.9 Å². The number of nitrogens with zero attached hydrogens (tertiary/aromatic N) is 1. The molecule has 4 atom stereocenters. The van der Waals surface area contributed by atoms with Crippen LogP contribution in [-0.2, 0) is 41.0 Å². The molecule has 0 spiro atoms. The topological polar surface area (TPSA) is 92.8 Å². The summed E-state index contributed by atoms with van der Waals surface area (Å²) >= 11 is 0. The molecule has 1 saturated heterocycles. The molecule has 5 rings (SSSR count). The van der Waals surface area contributed by atoms with Gasteiger partial charge in [-0.25, -0.2) is 17.2 Å². The highest BCUT2D eigenvalue weighted by atomic mass is 32.2. The molecule has 16 heteroatoms. The van der Waals surface area contributed by atoms with Gasteiger partial charge in [-0.15, -0.1) is 0 Å². The number of fused-ring (bicyclic) bond motifs is 3. The largest absolute Gasteiger partial charge is 0.435 e. The van der Waals surface area contributed by atoms with E-state index in [0.717, 1.165) is 24.3 Å². The molecule has 1 saturated carbocycles. The molecule has 1 amide bonds. The number of sulfone groups is 1. The summed E-state index contributed by atoms with van der Waals surface area (Å²) in [5, 5.41) is 2.88. The number of nitrogens with one attached hydrogen (secondary N) is 1. The third-order valence-corrected chi connectivity index (χ3v) is 12.5. The van der Waals surface area contributed by atoms with Gasteiger partial charge in [0, 0.05) is 36.5 Å². The number of carbonyl (C=O) groups is 2. The van der Waals surface area contributed by atoms with E-state index in [-0.39, 0.29) is 36.5 Å². The zero-order valence-electron chi connectivity index (χ0n) is 25.2. The van der Waals surface area contributed by atoms with E-state index in [1.807, 2.05) is 4.90 Å². The van der Waals surface area contributed by atoms with E-state index in [1.165, 1.54) is 0 Å². The van der Waals surface area contributed by atoms with E-state index in [4.69, 9.17) is 4.74 Å². The number of carbonyl (C=O) groups excluding carboxylic acids is 2. The Morgan fingerprint density at radius 1 is 0.979 bits per heavy atom. The standard InChI is InChI=1S/C31H32F8N2O5S/c1-27(2,41-11-13-46-14-12-41)26(43)40-25-16-20(17-42)28(47(44,45)22-7-5-21(32)6-8-22)23-10-4-19(15-18(23)3-9-24(25)28)29(33,30(34,35)36)31(37,38)39/h4-8,10,15,17,20,24-25H,3,9,11-14,16H2,1-2H3,(H,40,43)/t20?,24-,25+,28-/m0/s1. The zero-order valence-corrected chi connectivity index (χ0v) is 26.0. The molecule has 2 aromatic carbocycles. The summed E-state index contributed by atoms with van der Waals surface area (Å²) in [7, 11) is -4.80. The summed E-state index contributed by atoms with van der Waals surface area (Å²) in [6.45, 7) is 4.91. The van der Waals surface area contributed by atoms with Crippen molar-refractivity contribution in [2.45, 2.75) is 72.4 Å². The number of aryl methyl sites for hydroxylation is 1. The first-order valence-corrected chi connectivity index (χ1v) is 16.3. The number of morpholine rings is 1. The lowest BCUT2D eigenvalue weighted by atomic mass is 9.71. The quantitative estimate of drug-likeness (QED) is 0.245. The first-order chi connectivity index (χ1) is 21.7. The molecule has 0 aromatic heterocycles. The smallest absolute Gasteiger partial charge is 0.379 e. The summed E-state index contributed by atoms with van der Waals surface area (Å²) in [4.78, 5) is 27.9. The van der Waals surface area contributed by atoms with Gasteiger partial charge in [0.15, 0.2) is 9.84 Å².